The van der Waals surface area contributed by atoms with Gasteiger partial charge >= 0.3 is 5.97 Å². The van der Waals surface area contributed by atoms with Crippen molar-refractivity contribution >= 4 is 38.5 Å². The normalized spacial score (nSPS) is 17.4. The fraction of sp³-hybridized carbons (Fsp3) is 0.250. The Balaban J connectivity index is 1.56. The van der Waals surface area contributed by atoms with E-state index in [9.17, 15) is 18.3 Å². The van der Waals surface area contributed by atoms with Crippen LogP contribution in [0.15, 0.2) is 59.6 Å². The zero-order valence-electron chi connectivity index (χ0n) is 15.5. The summed E-state index contributed by atoms with van der Waals surface area (Å²) in [5.41, 5.74) is 1.41. The molecule has 1 atom stereocenters. The van der Waals surface area contributed by atoms with Crippen molar-refractivity contribution in [3.63, 3.8) is 0 Å². The van der Waals surface area contributed by atoms with Gasteiger partial charge < -0.3 is 10.1 Å². The maximum absolute atomic E-state index is 12.8. The molecule has 2 N–H and O–H groups in total. The molecule has 0 aliphatic carbocycles. The maximum Gasteiger partial charge on any atom is 0.325 e. The van der Waals surface area contributed by atoms with E-state index in [1.54, 1.807) is 59.6 Å². The molecule has 0 radical (unpaired) electrons. The van der Waals surface area contributed by atoms with Crippen LogP contribution < -0.4 is 0 Å². The van der Waals surface area contributed by atoms with Crippen molar-refractivity contribution in [2.24, 2.45) is 0 Å². The highest BCUT2D eigenvalue weighted by molar-refractivity contribution is 7.89. The number of sulfonamides is 1. The first kappa shape index (κ1) is 19.9. The molecule has 152 valence electrons. The minimum atomic E-state index is -3.59. The lowest BCUT2D eigenvalue weighted by Gasteiger charge is -2.37. The van der Waals surface area contributed by atoms with Crippen molar-refractivity contribution in [3.8, 4) is 0 Å². The molecule has 29 heavy (non-hydrogen) atoms. The zero-order chi connectivity index (χ0) is 20.6. The first-order valence-electron chi connectivity index (χ1n) is 9.16. The number of nitrogens with zero attached hydrogens (tertiary/aromatic N) is 2. The average Bonchev–Trinajstić information content (AvgIpc) is 3.11. The van der Waals surface area contributed by atoms with Crippen LogP contribution in [0.5, 0.6) is 0 Å². The summed E-state index contributed by atoms with van der Waals surface area (Å²) in [4.78, 5) is 17.2. The van der Waals surface area contributed by atoms with E-state index in [4.69, 9.17) is 11.6 Å². The Labute approximate surface area is 173 Å². The Morgan fingerprint density at radius 3 is 2.41 bits per heavy atom. The first-order chi connectivity index (χ1) is 13.9. The summed E-state index contributed by atoms with van der Waals surface area (Å²) in [7, 11) is -3.59. The van der Waals surface area contributed by atoms with E-state index < -0.39 is 22.0 Å². The summed E-state index contributed by atoms with van der Waals surface area (Å²) in [6.45, 7) is 1.11. The quantitative estimate of drug-likeness (QED) is 0.645. The van der Waals surface area contributed by atoms with Crippen LogP contribution in [0.3, 0.4) is 0 Å². The van der Waals surface area contributed by atoms with E-state index in [1.165, 1.54) is 4.31 Å². The number of hydrogen-bond acceptors (Lipinski definition) is 4. The molecule has 1 fully saturated rings. The van der Waals surface area contributed by atoms with E-state index in [1.807, 2.05) is 0 Å². The summed E-state index contributed by atoms with van der Waals surface area (Å²) < 4.78 is 27.0. The van der Waals surface area contributed by atoms with Gasteiger partial charge in [-0.3, -0.25) is 9.69 Å². The average molecular weight is 434 g/mol. The molecule has 1 aliphatic heterocycles. The fourth-order valence-corrected chi connectivity index (χ4v) is 5.39. The first-order valence-corrected chi connectivity index (χ1v) is 11.0. The van der Waals surface area contributed by atoms with Crippen LogP contribution in [-0.2, 0) is 14.8 Å². The lowest BCUT2D eigenvalue weighted by molar-refractivity contribution is -0.144. The number of rotatable bonds is 5. The minimum absolute atomic E-state index is 0.231. The van der Waals surface area contributed by atoms with Crippen LogP contribution >= 0.6 is 11.6 Å². The number of aromatic nitrogens is 1. The molecule has 2 heterocycles. The van der Waals surface area contributed by atoms with Crippen molar-refractivity contribution in [2.75, 3.05) is 26.2 Å². The summed E-state index contributed by atoms with van der Waals surface area (Å²) in [5.74, 6) is -0.972. The van der Waals surface area contributed by atoms with Crippen molar-refractivity contribution in [1.29, 1.82) is 0 Å². The topological polar surface area (TPSA) is 93.7 Å². The number of carboxylic acid groups (broad SMARTS) is 1. The number of hydrogen-bond donors (Lipinski definition) is 2. The number of piperazine rings is 1. The van der Waals surface area contributed by atoms with E-state index in [2.05, 4.69) is 4.98 Å². The number of H-pyrrole nitrogens is 1. The standard InChI is InChI=1S/C20H20ClN3O4S/c21-14-6-7-16-17(13-22-18(16)12-14)19(20(25)26)23-8-10-24(11-9-23)29(27,28)15-4-2-1-3-5-15/h1-7,12-13,19,22H,8-11H2,(H,25,26)/t19-/m0/s1. The molecular weight excluding hydrogens is 414 g/mol. The second-order valence-electron chi connectivity index (χ2n) is 6.93. The molecule has 1 saturated heterocycles. The number of carboxylic acids is 1. The Hall–Kier alpha value is -2.39. The zero-order valence-corrected chi connectivity index (χ0v) is 17.0. The molecule has 9 heteroatoms. The third-order valence-electron chi connectivity index (χ3n) is 5.22. The van der Waals surface area contributed by atoms with Gasteiger partial charge in [0.05, 0.1) is 4.90 Å². The van der Waals surface area contributed by atoms with Crippen molar-refractivity contribution in [1.82, 2.24) is 14.2 Å². The number of benzene rings is 2. The van der Waals surface area contributed by atoms with Crippen LogP contribution in [-0.4, -0.2) is 59.9 Å². The predicted molar refractivity (Wildman–Crippen MR) is 110 cm³/mol. The Morgan fingerprint density at radius 2 is 1.76 bits per heavy atom. The predicted octanol–water partition coefficient (Wildman–Crippen LogP) is 2.95. The van der Waals surface area contributed by atoms with Gasteiger partial charge in [0.1, 0.15) is 6.04 Å². The lowest BCUT2D eigenvalue weighted by Crippen LogP contribution is -2.50. The molecule has 7 nitrogen and oxygen atoms in total. The molecule has 1 aliphatic rings. The molecule has 1 aromatic heterocycles. The third-order valence-corrected chi connectivity index (χ3v) is 7.37. The number of halogens is 1. The van der Waals surface area contributed by atoms with E-state index in [0.717, 1.165) is 10.9 Å². The monoisotopic (exact) mass is 433 g/mol. The summed E-state index contributed by atoms with van der Waals surface area (Å²) in [6, 6.07) is 12.7. The number of nitrogens with one attached hydrogen (secondary N) is 1. The number of carbonyl (C=O) groups is 1. The second-order valence-corrected chi connectivity index (χ2v) is 9.30. The number of aliphatic carboxylic acids is 1. The van der Waals surface area contributed by atoms with E-state index in [-0.39, 0.29) is 18.0 Å². The summed E-state index contributed by atoms with van der Waals surface area (Å²) in [5, 5.41) is 11.3. The number of aromatic amines is 1. The fourth-order valence-electron chi connectivity index (χ4n) is 3.78. The van der Waals surface area contributed by atoms with Crippen molar-refractivity contribution < 1.29 is 18.3 Å². The number of fused-ring (bicyclic) bond motifs is 1. The van der Waals surface area contributed by atoms with Crippen LogP contribution in [0, 0.1) is 0 Å². The van der Waals surface area contributed by atoms with Crippen molar-refractivity contribution in [2.45, 2.75) is 10.9 Å². The highest BCUT2D eigenvalue weighted by Crippen LogP contribution is 2.31. The Kier molecular flexibility index (Phi) is 5.35. The SMILES string of the molecule is O=C(O)[C@H](c1c[nH]c2cc(Cl)ccc12)N1CCN(S(=O)(=O)c2ccccc2)CC1. The highest BCUT2D eigenvalue weighted by Gasteiger charge is 2.35. The Bertz CT molecular complexity index is 1140. The second kappa shape index (κ2) is 7.79. The largest absolute Gasteiger partial charge is 0.480 e. The summed E-state index contributed by atoms with van der Waals surface area (Å²) in [6.07, 6.45) is 1.69. The third kappa shape index (κ3) is 3.76. The van der Waals surface area contributed by atoms with Gasteiger partial charge in [0.2, 0.25) is 10.0 Å². The van der Waals surface area contributed by atoms with E-state index in [0.29, 0.717) is 23.7 Å². The van der Waals surface area contributed by atoms with Crippen LogP contribution in [0.4, 0.5) is 0 Å². The van der Waals surface area contributed by atoms with Gasteiger partial charge in [-0.2, -0.15) is 4.31 Å². The molecule has 0 saturated carbocycles. The Morgan fingerprint density at radius 1 is 1.07 bits per heavy atom. The van der Waals surface area contributed by atoms with Gasteiger partial charge in [-0.05, 0) is 24.3 Å². The summed E-state index contributed by atoms with van der Waals surface area (Å²) >= 11 is 6.02. The van der Waals surface area contributed by atoms with E-state index >= 15 is 0 Å². The van der Waals surface area contributed by atoms with Gasteiger partial charge in [-0.1, -0.05) is 35.9 Å². The highest BCUT2D eigenvalue weighted by atomic mass is 35.5. The molecule has 2 aromatic carbocycles. The van der Waals surface area contributed by atoms with Crippen molar-refractivity contribution in [3.05, 3.63) is 65.3 Å². The maximum atomic E-state index is 12.8. The molecule has 4 rings (SSSR count). The smallest absolute Gasteiger partial charge is 0.325 e. The van der Waals surface area contributed by atoms with Gasteiger partial charge in [0, 0.05) is 53.9 Å². The molecule has 0 spiro atoms. The van der Waals surface area contributed by atoms with Crippen LogP contribution in [0.1, 0.15) is 11.6 Å². The molecule has 0 amide bonds. The lowest BCUT2D eigenvalue weighted by atomic mass is 10.0. The van der Waals surface area contributed by atoms with Gasteiger partial charge in [0.25, 0.3) is 0 Å². The van der Waals surface area contributed by atoms with Gasteiger partial charge in [0.15, 0.2) is 0 Å². The van der Waals surface area contributed by atoms with Gasteiger partial charge in [-0.25, -0.2) is 8.42 Å². The van der Waals surface area contributed by atoms with Gasteiger partial charge in [-0.15, -0.1) is 0 Å². The molecule has 3 aromatic rings. The van der Waals surface area contributed by atoms with Crippen LogP contribution in [0.2, 0.25) is 5.02 Å². The molecular formula is C20H20ClN3O4S. The minimum Gasteiger partial charge on any atom is -0.480 e. The van der Waals surface area contributed by atoms with Crippen LogP contribution in [0.25, 0.3) is 10.9 Å². The molecule has 0 unspecified atom stereocenters. The molecule has 0 bridgehead atoms.